The number of aromatic nitrogens is 1. The number of hydrogen-bond donors (Lipinski definition) is 1. The van der Waals surface area contributed by atoms with Crippen molar-refractivity contribution < 1.29 is 0 Å². The van der Waals surface area contributed by atoms with Crippen LogP contribution in [0.1, 0.15) is 24.8 Å². The van der Waals surface area contributed by atoms with Crippen molar-refractivity contribution in [1.29, 1.82) is 0 Å². The second-order valence-electron chi connectivity index (χ2n) is 3.39. The van der Waals surface area contributed by atoms with Crippen LogP contribution >= 0.6 is 0 Å². The number of benzene rings is 1. The van der Waals surface area contributed by atoms with Gasteiger partial charge in [-0.1, -0.05) is 25.1 Å². The summed E-state index contributed by atoms with van der Waals surface area (Å²) in [6.45, 7) is 6.30. The summed E-state index contributed by atoms with van der Waals surface area (Å²) in [5, 5.41) is 1.31. The van der Waals surface area contributed by atoms with Gasteiger partial charge in [0.25, 0.3) is 0 Å². The standard InChI is InChI=1S/C12H14N/c1-3-9(2)11-8-13-12-7-5-4-6-10(11)12/h4-9,13H,2-3H2,1H3. The van der Waals surface area contributed by atoms with Gasteiger partial charge in [0.2, 0.25) is 0 Å². The summed E-state index contributed by atoms with van der Waals surface area (Å²) in [4.78, 5) is 3.26. The highest BCUT2D eigenvalue weighted by molar-refractivity contribution is 5.83. The molecule has 0 bridgehead atoms. The molecule has 1 unspecified atom stereocenters. The normalized spacial score (nSPS) is 13.4. The van der Waals surface area contributed by atoms with Crippen molar-refractivity contribution in [3.8, 4) is 0 Å². The first-order chi connectivity index (χ1) is 6.33. The van der Waals surface area contributed by atoms with E-state index in [1.807, 2.05) is 6.07 Å². The van der Waals surface area contributed by atoms with Gasteiger partial charge in [0.1, 0.15) is 0 Å². The molecule has 67 valence electrons. The number of H-pyrrole nitrogens is 1. The molecule has 0 amide bonds. The molecule has 0 fully saturated rings. The molecule has 1 atom stereocenters. The first-order valence-electron chi connectivity index (χ1n) is 4.72. The average molecular weight is 172 g/mol. The Bertz CT molecular complexity index is 400. The Balaban J connectivity index is 2.57. The van der Waals surface area contributed by atoms with Crippen LogP contribution in [-0.2, 0) is 0 Å². The molecule has 2 rings (SSSR count). The summed E-state index contributed by atoms with van der Waals surface area (Å²) in [7, 11) is 0. The maximum Gasteiger partial charge on any atom is 0.0456 e. The van der Waals surface area contributed by atoms with Crippen LogP contribution in [-0.4, -0.2) is 4.98 Å². The van der Waals surface area contributed by atoms with Crippen molar-refractivity contribution in [3.63, 3.8) is 0 Å². The minimum absolute atomic E-state index is 0.399. The summed E-state index contributed by atoms with van der Waals surface area (Å²) >= 11 is 0. The molecule has 13 heavy (non-hydrogen) atoms. The van der Waals surface area contributed by atoms with E-state index in [2.05, 4.69) is 43.2 Å². The lowest BCUT2D eigenvalue weighted by molar-refractivity contribution is 0.808. The van der Waals surface area contributed by atoms with Gasteiger partial charge in [-0.15, -0.1) is 0 Å². The largest absolute Gasteiger partial charge is 0.361 e. The van der Waals surface area contributed by atoms with Crippen molar-refractivity contribution in [3.05, 3.63) is 42.9 Å². The Labute approximate surface area is 78.8 Å². The highest BCUT2D eigenvalue weighted by Gasteiger charge is 2.08. The van der Waals surface area contributed by atoms with E-state index in [1.165, 1.54) is 16.5 Å². The Kier molecular flexibility index (Phi) is 2.09. The molecule has 1 heteroatoms. The number of nitrogens with one attached hydrogen (secondary N) is 1. The number of fused-ring (bicyclic) bond motifs is 1. The van der Waals surface area contributed by atoms with Crippen molar-refractivity contribution in [1.82, 2.24) is 4.98 Å². The van der Waals surface area contributed by atoms with Crippen LogP contribution < -0.4 is 0 Å². The zero-order valence-electron chi connectivity index (χ0n) is 7.88. The molecule has 0 saturated carbocycles. The van der Waals surface area contributed by atoms with E-state index >= 15 is 0 Å². The molecule has 1 N–H and O–H groups in total. The molecular formula is C12H14N. The van der Waals surface area contributed by atoms with Gasteiger partial charge in [-0.25, -0.2) is 0 Å². The first-order valence-corrected chi connectivity index (χ1v) is 4.72. The smallest absolute Gasteiger partial charge is 0.0456 e. The fourth-order valence-electron chi connectivity index (χ4n) is 1.65. The van der Waals surface area contributed by atoms with Gasteiger partial charge in [0.05, 0.1) is 0 Å². The molecule has 1 nitrogen and oxygen atoms in total. The van der Waals surface area contributed by atoms with Gasteiger partial charge in [-0.3, -0.25) is 0 Å². The molecule has 1 heterocycles. The molecule has 0 saturated heterocycles. The maximum absolute atomic E-state index is 4.13. The number of aromatic amines is 1. The summed E-state index contributed by atoms with van der Waals surface area (Å²) in [5.74, 6) is 0.399. The molecule has 1 aromatic heterocycles. The molecule has 0 aliphatic carbocycles. The SMILES string of the molecule is [CH2]C(CC)c1c[nH]c2ccccc12. The lowest BCUT2D eigenvalue weighted by Crippen LogP contribution is -1.88. The van der Waals surface area contributed by atoms with Crippen molar-refractivity contribution in [2.75, 3.05) is 0 Å². The topological polar surface area (TPSA) is 15.8 Å². The van der Waals surface area contributed by atoms with Crippen LogP contribution in [0.25, 0.3) is 10.9 Å². The van der Waals surface area contributed by atoms with Crippen LogP contribution in [0.3, 0.4) is 0 Å². The van der Waals surface area contributed by atoms with E-state index in [4.69, 9.17) is 0 Å². The second-order valence-corrected chi connectivity index (χ2v) is 3.39. The van der Waals surface area contributed by atoms with Gasteiger partial charge >= 0.3 is 0 Å². The predicted octanol–water partition coefficient (Wildman–Crippen LogP) is 3.50. The minimum atomic E-state index is 0.399. The average Bonchev–Trinajstić information content (AvgIpc) is 2.60. The minimum Gasteiger partial charge on any atom is -0.361 e. The second kappa shape index (κ2) is 3.25. The zero-order valence-corrected chi connectivity index (χ0v) is 7.88. The number of rotatable bonds is 2. The van der Waals surface area contributed by atoms with E-state index in [0.29, 0.717) is 5.92 Å². The van der Waals surface area contributed by atoms with Gasteiger partial charge in [-0.05, 0) is 30.9 Å². The lowest BCUT2D eigenvalue weighted by Gasteiger charge is -2.05. The molecule has 0 aliphatic heterocycles. The monoisotopic (exact) mass is 172 g/mol. The Hall–Kier alpha value is -1.24. The Morgan fingerprint density at radius 1 is 1.38 bits per heavy atom. The van der Waals surface area contributed by atoms with Gasteiger partial charge in [-0.2, -0.15) is 0 Å². The molecule has 2 aromatic rings. The third-order valence-corrected chi connectivity index (χ3v) is 2.55. The lowest BCUT2D eigenvalue weighted by atomic mass is 9.98. The van der Waals surface area contributed by atoms with Crippen LogP contribution in [0.15, 0.2) is 30.5 Å². The summed E-state index contributed by atoms with van der Waals surface area (Å²) in [6, 6.07) is 8.37. The molecule has 0 spiro atoms. The van der Waals surface area contributed by atoms with Crippen LogP contribution in [0.5, 0.6) is 0 Å². The predicted molar refractivity (Wildman–Crippen MR) is 56.7 cm³/mol. The van der Waals surface area contributed by atoms with Crippen molar-refractivity contribution in [2.45, 2.75) is 19.3 Å². The maximum atomic E-state index is 4.13. The highest BCUT2D eigenvalue weighted by atomic mass is 14.7. The zero-order chi connectivity index (χ0) is 9.26. The summed E-state index contributed by atoms with van der Waals surface area (Å²) < 4.78 is 0. The van der Waals surface area contributed by atoms with Crippen molar-refractivity contribution in [2.24, 2.45) is 0 Å². The summed E-state index contributed by atoms with van der Waals surface area (Å²) in [5.41, 5.74) is 2.54. The molecular weight excluding hydrogens is 158 g/mol. The van der Waals surface area contributed by atoms with Crippen LogP contribution in [0.2, 0.25) is 0 Å². The number of hydrogen-bond acceptors (Lipinski definition) is 0. The Morgan fingerprint density at radius 2 is 2.15 bits per heavy atom. The van der Waals surface area contributed by atoms with E-state index < -0.39 is 0 Å². The third-order valence-electron chi connectivity index (χ3n) is 2.55. The van der Waals surface area contributed by atoms with Crippen molar-refractivity contribution >= 4 is 10.9 Å². The van der Waals surface area contributed by atoms with Crippen LogP contribution in [0.4, 0.5) is 0 Å². The van der Waals surface area contributed by atoms with E-state index in [-0.39, 0.29) is 0 Å². The van der Waals surface area contributed by atoms with Gasteiger partial charge in [0.15, 0.2) is 0 Å². The van der Waals surface area contributed by atoms with E-state index in [0.717, 1.165) is 6.42 Å². The summed E-state index contributed by atoms with van der Waals surface area (Å²) in [6.07, 6.45) is 3.16. The first kappa shape index (κ1) is 8.36. The van der Waals surface area contributed by atoms with E-state index in [9.17, 15) is 0 Å². The fraction of sp³-hybridized carbons (Fsp3) is 0.250. The highest BCUT2D eigenvalue weighted by Crippen LogP contribution is 2.26. The number of para-hydroxylation sites is 1. The Morgan fingerprint density at radius 3 is 2.92 bits per heavy atom. The quantitative estimate of drug-likeness (QED) is 0.713. The third kappa shape index (κ3) is 1.35. The van der Waals surface area contributed by atoms with Gasteiger partial charge < -0.3 is 4.98 Å². The van der Waals surface area contributed by atoms with Gasteiger partial charge in [0, 0.05) is 17.1 Å². The van der Waals surface area contributed by atoms with Crippen LogP contribution in [0, 0.1) is 6.92 Å². The fourth-order valence-corrected chi connectivity index (χ4v) is 1.65. The molecule has 0 aliphatic rings. The molecule has 1 radical (unpaired) electrons. The van der Waals surface area contributed by atoms with E-state index in [1.54, 1.807) is 0 Å². The molecule has 1 aromatic carbocycles.